The van der Waals surface area contributed by atoms with E-state index in [0.29, 0.717) is 12.2 Å². The lowest BCUT2D eigenvalue weighted by Crippen LogP contribution is -2.32. The van der Waals surface area contributed by atoms with E-state index in [1.807, 2.05) is 55.5 Å². The third kappa shape index (κ3) is 4.19. The molecule has 0 atom stereocenters. The van der Waals surface area contributed by atoms with Crippen molar-refractivity contribution in [2.45, 2.75) is 38.6 Å². The molecule has 0 spiro atoms. The molecule has 1 aliphatic carbocycles. The van der Waals surface area contributed by atoms with Crippen molar-refractivity contribution in [3.05, 3.63) is 54.1 Å². The maximum atomic E-state index is 12.7. The van der Waals surface area contributed by atoms with Crippen molar-refractivity contribution in [3.8, 4) is 22.8 Å². The van der Waals surface area contributed by atoms with E-state index in [1.54, 1.807) is 7.11 Å². The fourth-order valence-electron chi connectivity index (χ4n) is 3.88. The van der Waals surface area contributed by atoms with E-state index in [4.69, 9.17) is 14.5 Å². The van der Waals surface area contributed by atoms with Crippen molar-refractivity contribution in [1.82, 2.24) is 10.3 Å². The van der Waals surface area contributed by atoms with Crippen LogP contribution in [0.3, 0.4) is 0 Å². The van der Waals surface area contributed by atoms with Crippen LogP contribution in [0.4, 0.5) is 0 Å². The van der Waals surface area contributed by atoms with Crippen molar-refractivity contribution >= 4 is 16.8 Å². The highest BCUT2D eigenvalue weighted by molar-refractivity contribution is 6.00. The summed E-state index contributed by atoms with van der Waals surface area (Å²) in [4.78, 5) is 17.5. The molecule has 1 fully saturated rings. The molecule has 1 aromatic heterocycles. The Morgan fingerprint density at radius 2 is 1.97 bits per heavy atom. The third-order valence-corrected chi connectivity index (χ3v) is 5.39. The van der Waals surface area contributed by atoms with Gasteiger partial charge < -0.3 is 14.8 Å². The number of aromatic nitrogens is 1. The Hall–Kier alpha value is -3.08. The average molecular weight is 390 g/mol. The first-order valence-corrected chi connectivity index (χ1v) is 10.2. The molecular weight excluding hydrogens is 364 g/mol. The predicted octanol–water partition coefficient (Wildman–Crippen LogP) is 4.98. The standard InChI is InChI=1S/C24H26N2O3/c1-3-29-23-15-22(16-7-6-10-19(13-16)28-2)26-21-12-11-17(14-20(21)23)24(27)25-18-8-4-5-9-18/h6-7,10-15,18H,3-5,8-9H2,1-2H3,(H,25,27). The van der Waals surface area contributed by atoms with Crippen LogP contribution in [0.15, 0.2) is 48.5 Å². The summed E-state index contributed by atoms with van der Waals surface area (Å²) < 4.78 is 11.2. The minimum absolute atomic E-state index is 0.0295. The summed E-state index contributed by atoms with van der Waals surface area (Å²) in [7, 11) is 1.65. The van der Waals surface area contributed by atoms with Crippen molar-refractivity contribution < 1.29 is 14.3 Å². The second-order valence-electron chi connectivity index (χ2n) is 7.36. The van der Waals surface area contributed by atoms with Crippen molar-refractivity contribution in [1.29, 1.82) is 0 Å². The normalized spacial score (nSPS) is 14.1. The molecule has 1 heterocycles. The van der Waals surface area contributed by atoms with Gasteiger partial charge in [0.05, 0.1) is 24.9 Å². The smallest absolute Gasteiger partial charge is 0.251 e. The van der Waals surface area contributed by atoms with Crippen molar-refractivity contribution in [2.75, 3.05) is 13.7 Å². The van der Waals surface area contributed by atoms with Gasteiger partial charge in [-0.05, 0) is 50.1 Å². The number of ether oxygens (including phenoxy) is 2. The number of hydrogen-bond acceptors (Lipinski definition) is 4. The Kier molecular flexibility index (Phi) is 5.65. The van der Waals surface area contributed by atoms with E-state index in [-0.39, 0.29) is 11.9 Å². The van der Waals surface area contributed by atoms with Crippen LogP contribution in [0.1, 0.15) is 43.0 Å². The molecule has 5 nitrogen and oxygen atoms in total. The van der Waals surface area contributed by atoms with Gasteiger partial charge in [0.15, 0.2) is 0 Å². The maximum absolute atomic E-state index is 12.7. The molecule has 1 aliphatic rings. The molecular formula is C24H26N2O3. The van der Waals surface area contributed by atoms with Gasteiger partial charge in [-0.3, -0.25) is 4.79 Å². The van der Waals surface area contributed by atoms with Gasteiger partial charge in [-0.15, -0.1) is 0 Å². The predicted molar refractivity (Wildman–Crippen MR) is 115 cm³/mol. The summed E-state index contributed by atoms with van der Waals surface area (Å²) in [5.41, 5.74) is 3.20. The van der Waals surface area contributed by atoms with Gasteiger partial charge in [0, 0.05) is 28.6 Å². The maximum Gasteiger partial charge on any atom is 0.251 e. The Balaban J connectivity index is 1.71. The molecule has 1 saturated carbocycles. The summed E-state index contributed by atoms with van der Waals surface area (Å²) >= 11 is 0. The van der Waals surface area contributed by atoms with Gasteiger partial charge >= 0.3 is 0 Å². The Bertz CT molecular complexity index is 1030. The number of methoxy groups -OCH3 is 1. The van der Waals surface area contributed by atoms with Crippen LogP contribution in [0, 0.1) is 0 Å². The Labute approximate surface area is 171 Å². The van der Waals surface area contributed by atoms with E-state index in [0.717, 1.165) is 46.5 Å². The lowest BCUT2D eigenvalue weighted by molar-refractivity contribution is 0.0938. The zero-order valence-electron chi connectivity index (χ0n) is 16.9. The van der Waals surface area contributed by atoms with Crippen LogP contribution in [0.5, 0.6) is 11.5 Å². The number of fused-ring (bicyclic) bond motifs is 1. The molecule has 29 heavy (non-hydrogen) atoms. The Morgan fingerprint density at radius 3 is 2.72 bits per heavy atom. The number of nitrogens with one attached hydrogen (secondary N) is 1. The largest absolute Gasteiger partial charge is 0.497 e. The molecule has 0 aliphatic heterocycles. The van der Waals surface area contributed by atoms with Crippen LogP contribution >= 0.6 is 0 Å². The first-order valence-electron chi connectivity index (χ1n) is 10.2. The van der Waals surface area contributed by atoms with E-state index in [2.05, 4.69) is 5.32 Å². The number of nitrogens with zero attached hydrogens (tertiary/aromatic N) is 1. The van der Waals surface area contributed by atoms with E-state index in [1.165, 1.54) is 12.8 Å². The molecule has 1 N–H and O–H groups in total. The van der Waals surface area contributed by atoms with Gasteiger partial charge in [-0.2, -0.15) is 0 Å². The number of carbonyl (C=O) groups is 1. The number of pyridine rings is 1. The molecule has 0 bridgehead atoms. The zero-order valence-corrected chi connectivity index (χ0v) is 16.9. The molecule has 3 aromatic rings. The molecule has 2 aromatic carbocycles. The van der Waals surface area contributed by atoms with Crippen LogP contribution in [0.25, 0.3) is 22.2 Å². The van der Waals surface area contributed by atoms with Crippen LogP contribution in [0.2, 0.25) is 0 Å². The van der Waals surface area contributed by atoms with Gasteiger partial charge in [-0.25, -0.2) is 4.98 Å². The van der Waals surface area contributed by atoms with Gasteiger partial charge in [0.25, 0.3) is 5.91 Å². The molecule has 1 amide bonds. The molecule has 150 valence electrons. The molecule has 0 saturated heterocycles. The Morgan fingerprint density at radius 1 is 1.14 bits per heavy atom. The highest BCUT2D eigenvalue weighted by atomic mass is 16.5. The summed E-state index contributed by atoms with van der Waals surface area (Å²) in [6, 6.07) is 15.6. The second kappa shape index (κ2) is 8.52. The minimum Gasteiger partial charge on any atom is -0.497 e. The van der Waals surface area contributed by atoms with Crippen LogP contribution in [-0.4, -0.2) is 30.6 Å². The van der Waals surface area contributed by atoms with Crippen molar-refractivity contribution in [2.24, 2.45) is 0 Å². The molecule has 5 heteroatoms. The number of benzene rings is 2. The second-order valence-corrected chi connectivity index (χ2v) is 7.36. The highest BCUT2D eigenvalue weighted by Gasteiger charge is 2.19. The summed E-state index contributed by atoms with van der Waals surface area (Å²) in [6.07, 6.45) is 4.51. The average Bonchev–Trinajstić information content (AvgIpc) is 3.26. The van der Waals surface area contributed by atoms with Gasteiger partial charge in [0.1, 0.15) is 11.5 Å². The van der Waals surface area contributed by atoms with Gasteiger partial charge in [-0.1, -0.05) is 25.0 Å². The highest BCUT2D eigenvalue weighted by Crippen LogP contribution is 2.32. The summed E-state index contributed by atoms with van der Waals surface area (Å²) in [5, 5.41) is 3.99. The summed E-state index contributed by atoms with van der Waals surface area (Å²) in [5.74, 6) is 1.48. The number of rotatable bonds is 6. The molecule has 0 radical (unpaired) electrons. The van der Waals surface area contributed by atoms with Crippen molar-refractivity contribution in [3.63, 3.8) is 0 Å². The SMILES string of the molecule is CCOc1cc(-c2cccc(OC)c2)nc2ccc(C(=O)NC3CCCC3)cc12. The van der Waals surface area contributed by atoms with E-state index < -0.39 is 0 Å². The summed E-state index contributed by atoms with van der Waals surface area (Å²) in [6.45, 7) is 2.49. The fraction of sp³-hybridized carbons (Fsp3) is 0.333. The lowest BCUT2D eigenvalue weighted by atomic mass is 10.1. The molecule has 4 rings (SSSR count). The lowest BCUT2D eigenvalue weighted by Gasteiger charge is -2.14. The van der Waals surface area contributed by atoms with Crippen LogP contribution < -0.4 is 14.8 Å². The monoisotopic (exact) mass is 390 g/mol. The first kappa shape index (κ1) is 19.2. The topological polar surface area (TPSA) is 60.5 Å². The van der Waals surface area contributed by atoms with E-state index >= 15 is 0 Å². The number of amides is 1. The molecule has 0 unspecified atom stereocenters. The number of carbonyl (C=O) groups excluding carboxylic acids is 1. The minimum atomic E-state index is -0.0295. The van der Waals surface area contributed by atoms with Crippen LogP contribution in [-0.2, 0) is 0 Å². The van der Waals surface area contributed by atoms with Gasteiger partial charge in [0.2, 0.25) is 0 Å². The first-order chi connectivity index (χ1) is 14.2. The van der Waals surface area contributed by atoms with E-state index in [9.17, 15) is 4.79 Å². The third-order valence-electron chi connectivity index (χ3n) is 5.39. The quantitative estimate of drug-likeness (QED) is 0.645. The zero-order chi connectivity index (χ0) is 20.2. The number of hydrogen-bond donors (Lipinski definition) is 1. The fourth-order valence-corrected chi connectivity index (χ4v) is 3.88.